The Morgan fingerprint density at radius 2 is 2.06 bits per heavy atom. The van der Waals surface area contributed by atoms with Gasteiger partial charge in [0.05, 0.1) is 12.7 Å². The van der Waals surface area contributed by atoms with Crippen LogP contribution in [0.25, 0.3) is 0 Å². The lowest BCUT2D eigenvalue weighted by atomic mass is 9.84. The molecular formula is C22H18F4N6O3. The van der Waals surface area contributed by atoms with E-state index in [9.17, 15) is 18.7 Å². The third-order valence-corrected chi connectivity index (χ3v) is 5.52. The van der Waals surface area contributed by atoms with E-state index in [-0.39, 0.29) is 17.6 Å². The first kappa shape index (κ1) is 24.1. The second kappa shape index (κ2) is 9.33. The van der Waals surface area contributed by atoms with Crippen LogP contribution < -0.4 is 4.74 Å². The van der Waals surface area contributed by atoms with E-state index < -0.39 is 41.0 Å². The van der Waals surface area contributed by atoms with E-state index in [4.69, 9.17) is 4.74 Å². The van der Waals surface area contributed by atoms with Crippen molar-refractivity contribution in [2.24, 2.45) is 10.9 Å². The largest absolute Gasteiger partial charge is 0.441 e. The summed E-state index contributed by atoms with van der Waals surface area (Å²) in [6, 6.07) is 3.95. The van der Waals surface area contributed by atoms with Gasteiger partial charge in [-0.15, -0.1) is 5.10 Å². The first-order valence-corrected chi connectivity index (χ1v) is 10.3. The van der Waals surface area contributed by atoms with E-state index in [1.807, 2.05) is 0 Å². The number of hydrogen-bond acceptors (Lipinski definition) is 8. The monoisotopic (exact) mass is 490 g/mol. The maximum Gasteiger partial charge on any atom is 0.323 e. The summed E-state index contributed by atoms with van der Waals surface area (Å²) < 4.78 is 65.8. The Balaban J connectivity index is 1.66. The van der Waals surface area contributed by atoms with Crippen molar-refractivity contribution in [3.8, 4) is 5.75 Å². The van der Waals surface area contributed by atoms with E-state index in [0.717, 1.165) is 35.4 Å². The number of rotatable bonds is 7. The molecule has 2 unspecified atom stereocenters. The van der Waals surface area contributed by atoms with Gasteiger partial charge < -0.3 is 9.84 Å². The summed E-state index contributed by atoms with van der Waals surface area (Å²) in [5.41, 5.74) is -4.52. The first-order chi connectivity index (χ1) is 16.6. The molecule has 3 heterocycles. The van der Waals surface area contributed by atoms with Crippen molar-refractivity contribution in [2.75, 3.05) is 0 Å². The fraction of sp³-hybridized carbons (Fsp3) is 0.273. The number of carbonyl (C=O) groups excluding carboxylic acids is 1. The van der Waals surface area contributed by atoms with Crippen molar-refractivity contribution in [1.82, 2.24) is 25.2 Å². The van der Waals surface area contributed by atoms with Crippen LogP contribution in [0.4, 0.5) is 17.6 Å². The number of nitrogens with zero attached hydrogens (tertiary/aromatic N) is 6. The molecule has 1 N–H and O–H groups in total. The smallest absolute Gasteiger partial charge is 0.323 e. The molecule has 1 aromatic carbocycles. The van der Waals surface area contributed by atoms with Crippen LogP contribution in [-0.2, 0) is 22.9 Å². The summed E-state index contributed by atoms with van der Waals surface area (Å²) in [6.45, 7) is 0.843. The first-order valence-electron chi connectivity index (χ1n) is 10.3. The summed E-state index contributed by atoms with van der Waals surface area (Å²) in [7, 11) is 0. The normalized spacial score (nSPS) is 17.8. The number of tetrazole rings is 1. The van der Waals surface area contributed by atoms with Gasteiger partial charge in [0.1, 0.15) is 35.7 Å². The second-order valence-electron chi connectivity index (χ2n) is 7.92. The van der Waals surface area contributed by atoms with Gasteiger partial charge in [0, 0.05) is 29.8 Å². The van der Waals surface area contributed by atoms with Gasteiger partial charge in [-0.1, -0.05) is 6.92 Å². The number of aliphatic hydroxyl groups is 1. The molecule has 35 heavy (non-hydrogen) atoms. The second-order valence-corrected chi connectivity index (χ2v) is 7.92. The predicted octanol–water partition coefficient (Wildman–Crippen LogP) is 2.93. The summed E-state index contributed by atoms with van der Waals surface area (Å²) in [6.07, 6.45) is 4.34. The Morgan fingerprint density at radius 3 is 2.66 bits per heavy atom. The molecule has 0 spiro atoms. The number of benzene rings is 1. The molecule has 0 bridgehead atoms. The van der Waals surface area contributed by atoms with Gasteiger partial charge in [-0.25, -0.2) is 18.5 Å². The van der Waals surface area contributed by atoms with Crippen molar-refractivity contribution < 1.29 is 32.2 Å². The van der Waals surface area contributed by atoms with Crippen LogP contribution in [0, 0.1) is 17.6 Å². The van der Waals surface area contributed by atoms with Crippen LogP contribution in [0.1, 0.15) is 24.6 Å². The minimum atomic E-state index is -4.19. The Morgan fingerprint density at radius 1 is 1.26 bits per heavy atom. The highest BCUT2D eigenvalue weighted by atomic mass is 19.3. The fourth-order valence-corrected chi connectivity index (χ4v) is 3.56. The van der Waals surface area contributed by atoms with Gasteiger partial charge in [-0.05, 0) is 40.6 Å². The van der Waals surface area contributed by atoms with Crippen molar-refractivity contribution >= 4 is 12.2 Å². The summed E-state index contributed by atoms with van der Waals surface area (Å²) in [4.78, 5) is 18.7. The Labute approximate surface area is 195 Å². The van der Waals surface area contributed by atoms with Crippen LogP contribution in [0.3, 0.4) is 0 Å². The standard InChI is InChI=1S/C22H18F4N6O3/c1-13-6-20(28-8-14(13)10-33)35-16-3-5-19(27-9-16)22(25,26)21(34,11-32-12-29-30-31-32)17-4-2-15(23)7-18(17)24/h2-5,7-10,12-13,34H,6,11H2,1H3. The maximum absolute atomic E-state index is 15.7. The quantitative estimate of drug-likeness (QED) is 0.400. The number of pyridine rings is 1. The van der Waals surface area contributed by atoms with Gasteiger partial charge in [-0.3, -0.25) is 9.78 Å². The van der Waals surface area contributed by atoms with Crippen LogP contribution in [0.5, 0.6) is 5.75 Å². The fourth-order valence-electron chi connectivity index (χ4n) is 3.56. The molecule has 182 valence electrons. The van der Waals surface area contributed by atoms with Gasteiger partial charge in [-0.2, -0.15) is 8.78 Å². The molecule has 0 aliphatic carbocycles. The number of halogens is 4. The minimum absolute atomic E-state index is 0.0791. The molecule has 1 aliphatic heterocycles. The topological polar surface area (TPSA) is 115 Å². The number of ether oxygens (including phenoxy) is 1. The highest BCUT2D eigenvalue weighted by Crippen LogP contribution is 2.46. The van der Waals surface area contributed by atoms with Crippen LogP contribution in [0.2, 0.25) is 0 Å². The molecule has 0 saturated heterocycles. The van der Waals surface area contributed by atoms with Crippen LogP contribution in [-0.4, -0.2) is 42.5 Å². The maximum atomic E-state index is 15.7. The van der Waals surface area contributed by atoms with Crippen molar-refractivity contribution in [2.45, 2.75) is 31.4 Å². The minimum Gasteiger partial charge on any atom is -0.441 e. The zero-order valence-corrected chi connectivity index (χ0v) is 18.1. The van der Waals surface area contributed by atoms with E-state index in [0.29, 0.717) is 24.3 Å². The van der Waals surface area contributed by atoms with Crippen LogP contribution in [0.15, 0.2) is 59.6 Å². The molecule has 2 atom stereocenters. The molecule has 0 amide bonds. The molecule has 0 saturated carbocycles. The third-order valence-electron chi connectivity index (χ3n) is 5.52. The van der Waals surface area contributed by atoms with E-state index >= 15 is 8.78 Å². The molecular weight excluding hydrogens is 472 g/mol. The number of alkyl halides is 2. The van der Waals surface area contributed by atoms with Gasteiger partial charge in [0.25, 0.3) is 0 Å². The molecule has 1 aliphatic rings. The molecule has 4 rings (SSSR count). The number of aromatic nitrogens is 5. The van der Waals surface area contributed by atoms with Gasteiger partial charge >= 0.3 is 5.92 Å². The predicted molar refractivity (Wildman–Crippen MR) is 112 cm³/mol. The van der Waals surface area contributed by atoms with E-state index in [2.05, 4.69) is 25.5 Å². The lowest BCUT2D eigenvalue weighted by Gasteiger charge is -2.35. The third kappa shape index (κ3) is 4.67. The lowest BCUT2D eigenvalue weighted by molar-refractivity contribution is -0.207. The SMILES string of the molecule is CC1CC(Oc2ccc(C(F)(F)C(O)(Cn3cnnn3)c3ccc(F)cc3F)nc2)=NC=C1C=O. The number of allylic oxidation sites excluding steroid dienone is 1. The number of carbonyl (C=O) groups is 1. The molecule has 9 nitrogen and oxygen atoms in total. The molecule has 0 fully saturated rings. The Bertz CT molecular complexity index is 1280. The average molecular weight is 490 g/mol. The average Bonchev–Trinajstić information content (AvgIpc) is 3.32. The highest BCUT2D eigenvalue weighted by Gasteiger charge is 2.58. The number of aldehydes is 1. The lowest BCUT2D eigenvalue weighted by Crippen LogP contribution is -2.48. The van der Waals surface area contributed by atoms with Gasteiger partial charge in [0.15, 0.2) is 11.5 Å². The summed E-state index contributed by atoms with van der Waals surface area (Å²) in [5, 5.41) is 21.3. The zero-order valence-electron chi connectivity index (χ0n) is 18.1. The van der Waals surface area contributed by atoms with Crippen LogP contribution >= 0.6 is 0 Å². The summed E-state index contributed by atoms with van der Waals surface area (Å²) in [5.74, 6) is -6.37. The Kier molecular flexibility index (Phi) is 6.43. The van der Waals surface area contributed by atoms with Crippen molar-refractivity contribution in [1.29, 1.82) is 0 Å². The summed E-state index contributed by atoms with van der Waals surface area (Å²) >= 11 is 0. The number of hydrogen-bond donors (Lipinski definition) is 1. The van der Waals surface area contributed by atoms with Gasteiger partial charge in [0.2, 0.25) is 0 Å². The van der Waals surface area contributed by atoms with Crippen molar-refractivity contribution in [3.63, 3.8) is 0 Å². The number of aliphatic imine (C=N–C) groups is 1. The Hall–Kier alpha value is -4.00. The molecule has 2 aromatic heterocycles. The van der Waals surface area contributed by atoms with E-state index in [1.54, 1.807) is 6.92 Å². The van der Waals surface area contributed by atoms with E-state index in [1.165, 1.54) is 12.3 Å². The molecule has 0 radical (unpaired) electrons. The van der Waals surface area contributed by atoms with Crippen molar-refractivity contribution in [3.05, 3.63) is 77.5 Å². The highest BCUT2D eigenvalue weighted by molar-refractivity contribution is 5.85. The molecule has 3 aromatic rings. The zero-order chi connectivity index (χ0) is 25.2. The molecule has 13 heteroatoms.